The summed E-state index contributed by atoms with van der Waals surface area (Å²) < 4.78 is 26.1. The van der Waals surface area contributed by atoms with Crippen molar-refractivity contribution >= 4 is 5.91 Å². The van der Waals surface area contributed by atoms with Gasteiger partial charge in [-0.3, -0.25) is 4.79 Å². The van der Waals surface area contributed by atoms with Gasteiger partial charge in [0.1, 0.15) is 11.6 Å². The average Bonchev–Trinajstić information content (AvgIpc) is 2.34. The zero-order valence-corrected chi connectivity index (χ0v) is 10.4. The molecule has 0 radical (unpaired) electrons. The fourth-order valence-corrected chi connectivity index (χ4v) is 1.46. The molecule has 0 aliphatic heterocycles. The van der Waals surface area contributed by atoms with Crippen molar-refractivity contribution in [2.24, 2.45) is 0 Å². The Morgan fingerprint density at radius 3 is 2.83 bits per heavy atom. The molecule has 100 valence electrons. The standard InChI is InChI=1S/C13H18F2N2O/c1-2-3-6-17-13(18)9-16-8-10-7-11(14)4-5-12(10)15/h4-5,7,16H,2-3,6,8-9H2,1H3,(H,17,18). The minimum absolute atomic E-state index is 0.0969. The van der Waals surface area contributed by atoms with E-state index >= 15 is 0 Å². The second-order valence-electron chi connectivity index (χ2n) is 4.04. The lowest BCUT2D eigenvalue weighted by atomic mass is 10.2. The van der Waals surface area contributed by atoms with E-state index in [9.17, 15) is 13.6 Å². The van der Waals surface area contributed by atoms with Crippen LogP contribution in [-0.2, 0) is 11.3 Å². The van der Waals surface area contributed by atoms with E-state index in [-0.39, 0.29) is 24.6 Å². The molecule has 1 aromatic rings. The molecule has 0 heterocycles. The van der Waals surface area contributed by atoms with Gasteiger partial charge >= 0.3 is 0 Å². The fourth-order valence-electron chi connectivity index (χ4n) is 1.46. The number of carbonyl (C=O) groups excluding carboxylic acids is 1. The first-order chi connectivity index (χ1) is 8.63. The van der Waals surface area contributed by atoms with Crippen molar-refractivity contribution in [3.05, 3.63) is 35.4 Å². The number of amides is 1. The molecule has 0 bridgehead atoms. The maximum absolute atomic E-state index is 13.2. The minimum Gasteiger partial charge on any atom is -0.355 e. The Morgan fingerprint density at radius 2 is 2.11 bits per heavy atom. The molecule has 0 aromatic heterocycles. The average molecular weight is 256 g/mol. The van der Waals surface area contributed by atoms with Crippen LogP contribution in [0.1, 0.15) is 25.3 Å². The number of hydrogen-bond donors (Lipinski definition) is 2. The molecule has 0 spiro atoms. The SMILES string of the molecule is CCCCNC(=O)CNCc1cc(F)ccc1F. The zero-order chi connectivity index (χ0) is 13.4. The molecule has 3 nitrogen and oxygen atoms in total. The molecule has 0 atom stereocenters. The first kappa shape index (κ1) is 14.6. The Morgan fingerprint density at radius 1 is 1.33 bits per heavy atom. The summed E-state index contributed by atoms with van der Waals surface area (Å²) in [5, 5.41) is 5.50. The second kappa shape index (κ2) is 7.76. The number of nitrogens with one attached hydrogen (secondary N) is 2. The normalized spacial score (nSPS) is 10.4. The second-order valence-corrected chi connectivity index (χ2v) is 4.04. The van der Waals surface area contributed by atoms with Gasteiger partial charge in [-0.05, 0) is 24.6 Å². The van der Waals surface area contributed by atoms with E-state index in [1.54, 1.807) is 0 Å². The van der Waals surface area contributed by atoms with Crippen molar-refractivity contribution in [3.8, 4) is 0 Å². The van der Waals surface area contributed by atoms with Crippen molar-refractivity contribution in [2.45, 2.75) is 26.3 Å². The van der Waals surface area contributed by atoms with Crippen LogP contribution in [-0.4, -0.2) is 19.0 Å². The minimum atomic E-state index is -0.486. The van der Waals surface area contributed by atoms with E-state index in [0.29, 0.717) is 6.54 Å². The number of hydrogen-bond acceptors (Lipinski definition) is 2. The maximum Gasteiger partial charge on any atom is 0.233 e. The van der Waals surface area contributed by atoms with Gasteiger partial charge in [0.15, 0.2) is 0 Å². The zero-order valence-electron chi connectivity index (χ0n) is 10.4. The van der Waals surface area contributed by atoms with Crippen LogP contribution in [0.3, 0.4) is 0 Å². The number of carbonyl (C=O) groups is 1. The lowest BCUT2D eigenvalue weighted by Gasteiger charge is -2.07. The number of halogens is 2. The molecule has 1 amide bonds. The van der Waals surface area contributed by atoms with Crippen LogP contribution in [0, 0.1) is 11.6 Å². The topological polar surface area (TPSA) is 41.1 Å². The van der Waals surface area contributed by atoms with E-state index in [1.165, 1.54) is 0 Å². The van der Waals surface area contributed by atoms with Gasteiger partial charge in [0.25, 0.3) is 0 Å². The molecular formula is C13H18F2N2O. The lowest BCUT2D eigenvalue weighted by molar-refractivity contribution is -0.120. The summed E-state index contributed by atoms with van der Waals surface area (Å²) in [6, 6.07) is 3.27. The van der Waals surface area contributed by atoms with E-state index in [4.69, 9.17) is 0 Å². The van der Waals surface area contributed by atoms with Gasteiger partial charge in [0.2, 0.25) is 5.91 Å². The quantitative estimate of drug-likeness (QED) is 0.732. The highest BCUT2D eigenvalue weighted by Crippen LogP contribution is 2.08. The van der Waals surface area contributed by atoms with E-state index in [2.05, 4.69) is 10.6 Å². The molecule has 0 unspecified atom stereocenters. The molecule has 2 N–H and O–H groups in total. The largest absolute Gasteiger partial charge is 0.355 e. The van der Waals surface area contributed by atoms with Crippen LogP contribution in [0.25, 0.3) is 0 Å². The Hall–Kier alpha value is -1.49. The molecule has 5 heteroatoms. The summed E-state index contributed by atoms with van der Waals surface area (Å²) in [6.07, 6.45) is 1.95. The highest BCUT2D eigenvalue weighted by Gasteiger charge is 2.05. The highest BCUT2D eigenvalue weighted by atomic mass is 19.1. The number of benzene rings is 1. The van der Waals surface area contributed by atoms with Crippen molar-refractivity contribution in [1.82, 2.24) is 10.6 Å². The van der Waals surface area contributed by atoms with Crippen LogP contribution in [0.15, 0.2) is 18.2 Å². The Balaban J connectivity index is 2.28. The van der Waals surface area contributed by atoms with E-state index < -0.39 is 11.6 Å². The van der Waals surface area contributed by atoms with Gasteiger partial charge in [-0.15, -0.1) is 0 Å². The third-order valence-electron chi connectivity index (χ3n) is 2.46. The predicted molar refractivity (Wildman–Crippen MR) is 66.0 cm³/mol. The smallest absolute Gasteiger partial charge is 0.233 e. The summed E-state index contributed by atoms with van der Waals surface area (Å²) in [4.78, 5) is 11.3. The van der Waals surface area contributed by atoms with E-state index in [1.807, 2.05) is 6.92 Å². The summed E-state index contributed by atoms with van der Waals surface area (Å²) >= 11 is 0. The Bertz CT molecular complexity index is 397. The third kappa shape index (κ3) is 5.23. The first-order valence-electron chi connectivity index (χ1n) is 6.04. The van der Waals surface area contributed by atoms with E-state index in [0.717, 1.165) is 31.0 Å². The Labute approximate surface area is 106 Å². The summed E-state index contributed by atoms with van der Waals surface area (Å²) in [5.41, 5.74) is 0.219. The van der Waals surface area contributed by atoms with Gasteiger partial charge in [-0.2, -0.15) is 0 Å². The van der Waals surface area contributed by atoms with Crippen molar-refractivity contribution < 1.29 is 13.6 Å². The van der Waals surface area contributed by atoms with Crippen LogP contribution in [0.2, 0.25) is 0 Å². The molecule has 1 rings (SSSR count). The molecular weight excluding hydrogens is 238 g/mol. The summed E-state index contributed by atoms with van der Waals surface area (Å²) in [5.74, 6) is -1.10. The summed E-state index contributed by atoms with van der Waals surface area (Å²) in [6.45, 7) is 2.91. The molecule has 18 heavy (non-hydrogen) atoms. The lowest BCUT2D eigenvalue weighted by Crippen LogP contribution is -2.34. The highest BCUT2D eigenvalue weighted by molar-refractivity contribution is 5.77. The molecule has 0 aliphatic carbocycles. The maximum atomic E-state index is 13.2. The van der Waals surface area contributed by atoms with Crippen LogP contribution in [0.4, 0.5) is 8.78 Å². The molecule has 0 aliphatic rings. The van der Waals surface area contributed by atoms with Gasteiger partial charge in [0, 0.05) is 18.7 Å². The Kier molecular flexibility index (Phi) is 6.28. The number of unbranched alkanes of at least 4 members (excludes halogenated alkanes) is 1. The summed E-state index contributed by atoms with van der Waals surface area (Å²) in [7, 11) is 0. The van der Waals surface area contributed by atoms with Gasteiger partial charge in [-0.1, -0.05) is 13.3 Å². The van der Waals surface area contributed by atoms with Crippen LogP contribution < -0.4 is 10.6 Å². The van der Waals surface area contributed by atoms with Crippen LogP contribution >= 0.6 is 0 Å². The fraction of sp³-hybridized carbons (Fsp3) is 0.462. The molecule has 0 saturated heterocycles. The molecule has 0 fully saturated rings. The van der Waals surface area contributed by atoms with Crippen LogP contribution in [0.5, 0.6) is 0 Å². The van der Waals surface area contributed by atoms with Gasteiger partial charge in [0.05, 0.1) is 6.54 Å². The molecule has 1 aromatic carbocycles. The van der Waals surface area contributed by atoms with Crippen molar-refractivity contribution in [3.63, 3.8) is 0 Å². The van der Waals surface area contributed by atoms with Gasteiger partial charge < -0.3 is 10.6 Å². The van der Waals surface area contributed by atoms with Gasteiger partial charge in [-0.25, -0.2) is 8.78 Å². The molecule has 0 saturated carbocycles. The number of rotatable bonds is 7. The van der Waals surface area contributed by atoms with Crippen molar-refractivity contribution in [2.75, 3.05) is 13.1 Å². The third-order valence-corrected chi connectivity index (χ3v) is 2.46. The first-order valence-corrected chi connectivity index (χ1v) is 6.04. The predicted octanol–water partition coefficient (Wildman–Crippen LogP) is 1.97. The monoisotopic (exact) mass is 256 g/mol. The van der Waals surface area contributed by atoms with Crippen molar-refractivity contribution in [1.29, 1.82) is 0 Å².